The lowest BCUT2D eigenvalue weighted by Gasteiger charge is -2.05. The summed E-state index contributed by atoms with van der Waals surface area (Å²) >= 11 is 1.45. The van der Waals surface area contributed by atoms with Crippen molar-refractivity contribution in [3.63, 3.8) is 0 Å². The molecule has 23 heavy (non-hydrogen) atoms. The SMILES string of the molecule is CCSc1n[nH]c(NC(=O)CCC(=O)Nc2ccc(F)cc2)n1. The van der Waals surface area contributed by atoms with Gasteiger partial charge in [-0.25, -0.2) is 9.49 Å². The lowest BCUT2D eigenvalue weighted by atomic mass is 10.2. The molecule has 3 N–H and O–H groups in total. The lowest BCUT2D eigenvalue weighted by Crippen LogP contribution is -2.17. The van der Waals surface area contributed by atoms with Crippen LogP contribution in [-0.2, 0) is 9.59 Å². The second kappa shape index (κ2) is 8.28. The number of halogens is 1. The molecule has 0 bridgehead atoms. The summed E-state index contributed by atoms with van der Waals surface area (Å²) in [5.74, 6) is 0.0318. The molecular formula is C14H16FN5O2S. The number of hydrogen-bond donors (Lipinski definition) is 3. The van der Waals surface area contributed by atoms with Crippen molar-refractivity contribution >= 4 is 35.2 Å². The third kappa shape index (κ3) is 5.70. The molecule has 0 aliphatic heterocycles. The predicted molar refractivity (Wildman–Crippen MR) is 85.7 cm³/mol. The summed E-state index contributed by atoms with van der Waals surface area (Å²) in [6, 6.07) is 5.40. The fourth-order valence-corrected chi connectivity index (χ4v) is 2.20. The Morgan fingerprint density at radius 1 is 1.17 bits per heavy atom. The molecule has 0 saturated carbocycles. The largest absolute Gasteiger partial charge is 0.326 e. The van der Waals surface area contributed by atoms with E-state index in [0.29, 0.717) is 10.8 Å². The first kappa shape index (κ1) is 16.9. The fraction of sp³-hybridized carbons (Fsp3) is 0.286. The van der Waals surface area contributed by atoms with Gasteiger partial charge in [0.05, 0.1) is 0 Å². The van der Waals surface area contributed by atoms with Crippen LogP contribution in [0.5, 0.6) is 0 Å². The van der Waals surface area contributed by atoms with Crippen LogP contribution in [0.4, 0.5) is 16.0 Å². The second-order valence-corrected chi connectivity index (χ2v) is 5.73. The zero-order valence-electron chi connectivity index (χ0n) is 12.4. The van der Waals surface area contributed by atoms with E-state index in [1.165, 1.54) is 36.0 Å². The van der Waals surface area contributed by atoms with Crippen LogP contribution in [0.1, 0.15) is 19.8 Å². The number of aromatic nitrogens is 3. The topological polar surface area (TPSA) is 99.8 Å². The normalized spacial score (nSPS) is 10.3. The van der Waals surface area contributed by atoms with Crippen LogP contribution in [0.15, 0.2) is 29.4 Å². The number of carbonyl (C=O) groups is 2. The Labute approximate surface area is 136 Å². The first-order valence-electron chi connectivity index (χ1n) is 6.97. The summed E-state index contributed by atoms with van der Waals surface area (Å²) in [4.78, 5) is 27.5. The van der Waals surface area contributed by atoms with Crippen molar-refractivity contribution in [1.82, 2.24) is 15.2 Å². The molecule has 0 unspecified atom stereocenters. The molecule has 1 aromatic heterocycles. The molecule has 1 aromatic carbocycles. The van der Waals surface area contributed by atoms with E-state index in [9.17, 15) is 14.0 Å². The number of rotatable bonds is 7. The second-order valence-electron chi connectivity index (χ2n) is 4.50. The standard InChI is InChI=1S/C14H16FN5O2S/c1-2-23-14-18-13(19-20-14)17-12(22)8-7-11(21)16-10-5-3-9(15)4-6-10/h3-6H,2,7-8H2,1H3,(H,16,21)(H2,17,18,19,20,22). The number of thioether (sulfide) groups is 1. The minimum Gasteiger partial charge on any atom is -0.326 e. The van der Waals surface area contributed by atoms with Gasteiger partial charge in [-0.3, -0.25) is 14.9 Å². The van der Waals surface area contributed by atoms with Crippen LogP contribution in [0.25, 0.3) is 0 Å². The van der Waals surface area contributed by atoms with Gasteiger partial charge in [-0.15, -0.1) is 5.10 Å². The van der Waals surface area contributed by atoms with Gasteiger partial charge < -0.3 is 5.32 Å². The van der Waals surface area contributed by atoms with Gasteiger partial charge in [-0.1, -0.05) is 18.7 Å². The maximum atomic E-state index is 12.8. The van der Waals surface area contributed by atoms with Crippen molar-refractivity contribution in [2.24, 2.45) is 0 Å². The molecule has 0 radical (unpaired) electrons. The number of aromatic amines is 1. The minimum atomic E-state index is -0.380. The molecule has 2 rings (SSSR count). The molecule has 9 heteroatoms. The number of anilines is 2. The molecule has 0 spiro atoms. The van der Waals surface area contributed by atoms with Gasteiger partial charge in [-0.05, 0) is 30.0 Å². The van der Waals surface area contributed by atoms with Gasteiger partial charge in [-0.2, -0.15) is 4.98 Å². The van der Waals surface area contributed by atoms with E-state index in [1.54, 1.807) is 0 Å². The predicted octanol–water partition coefficient (Wildman–Crippen LogP) is 2.41. The van der Waals surface area contributed by atoms with E-state index >= 15 is 0 Å². The van der Waals surface area contributed by atoms with Crippen LogP contribution in [0.3, 0.4) is 0 Å². The van der Waals surface area contributed by atoms with E-state index in [1.807, 2.05) is 6.92 Å². The molecule has 2 aromatic rings. The zero-order chi connectivity index (χ0) is 16.7. The monoisotopic (exact) mass is 337 g/mol. The van der Waals surface area contributed by atoms with Crippen molar-refractivity contribution < 1.29 is 14.0 Å². The summed E-state index contributed by atoms with van der Waals surface area (Å²) in [6.45, 7) is 1.97. The van der Waals surface area contributed by atoms with Gasteiger partial charge in [0.25, 0.3) is 0 Å². The first-order valence-corrected chi connectivity index (χ1v) is 7.96. The maximum absolute atomic E-state index is 12.8. The number of nitrogens with one attached hydrogen (secondary N) is 3. The number of benzene rings is 1. The number of carbonyl (C=O) groups excluding carboxylic acids is 2. The molecular weight excluding hydrogens is 321 g/mol. The van der Waals surface area contributed by atoms with E-state index in [-0.39, 0.29) is 36.4 Å². The highest BCUT2D eigenvalue weighted by Gasteiger charge is 2.10. The van der Waals surface area contributed by atoms with Crippen molar-refractivity contribution in [3.8, 4) is 0 Å². The van der Waals surface area contributed by atoms with Crippen molar-refractivity contribution in [2.45, 2.75) is 24.9 Å². The lowest BCUT2D eigenvalue weighted by molar-refractivity contribution is -0.121. The average molecular weight is 337 g/mol. The number of hydrogen-bond acceptors (Lipinski definition) is 5. The number of amides is 2. The van der Waals surface area contributed by atoms with Gasteiger partial charge >= 0.3 is 0 Å². The molecule has 0 aliphatic rings. The summed E-state index contributed by atoms with van der Waals surface area (Å²) in [5, 5.41) is 12.2. The summed E-state index contributed by atoms with van der Waals surface area (Å²) in [6.07, 6.45) is 0.0118. The Balaban J connectivity index is 1.74. The van der Waals surface area contributed by atoms with Crippen LogP contribution in [0, 0.1) is 5.82 Å². The molecule has 7 nitrogen and oxygen atoms in total. The zero-order valence-corrected chi connectivity index (χ0v) is 13.2. The van der Waals surface area contributed by atoms with Crippen molar-refractivity contribution in [2.75, 3.05) is 16.4 Å². The number of nitrogens with zero attached hydrogens (tertiary/aromatic N) is 2. The maximum Gasteiger partial charge on any atom is 0.227 e. The molecule has 0 saturated heterocycles. The quantitative estimate of drug-likeness (QED) is 0.674. The van der Waals surface area contributed by atoms with E-state index in [0.717, 1.165) is 5.75 Å². The van der Waals surface area contributed by atoms with E-state index < -0.39 is 0 Å². The molecule has 0 atom stereocenters. The molecule has 0 fully saturated rings. The molecule has 1 heterocycles. The van der Waals surface area contributed by atoms with E-state index in [2.05, 4.69) is 25.8 Å². The van der Waals surface area contributed by atoms with Gasteiger partial charge in [0.15, 0.2) is 0 Å². The van der Waals surface area contributed by atoms with E-state index in [4.69, 9.17) is 0 Å². The highest BCUT2D eigenvalue weighted by Crippen LogP contribution is 2.13. The van der Waals surface area contributed by atoms with Crippen LogP contribution in [0.2, 0.25) is 0 Å². The summed E-state index contributed by atoms with van der Waals surface area (Å²) in [5.41, 5.74) is 0.480. The Morgan fingerprint density at radius 2 is 1.83 bits per heavy atom. The highest BCUT2D eigenvalue weighted by molar-refractivity contribution is 7.99. The first-order chi connectivity index (χ1) is 11.1. The minimum absolute atomic E-state index is 0.00395. The Kier molecular flexibility index (Phi) is 6.10. The van der Waals surface area contributed by atoms with Crippen molar-refractivity contribution in [1.29, 1.82) is 0 Å². The smallest absolute Gasteiger partial charge is 0.227 e. The summed E-state index contributed by atoms with van der Waals surface area (Å²) in [7, 11) is 0. The average Bonchev–Trinajstić information content (AvgIpc) is 2.95. The fourth-order valence-electron chi connectivity index (χ4n) is 1.67. The Morgan fingerprint density at radius 3 is 2.48 bits per heavy atom. The Bertz CT molecular complexity index is 674. The van der Waals surface area contributed by atoms with Crippen LogP contribution in [-0.4, -0.2) is 32.7 Å². The van der Waals surface area contributed by atoms with Crippen LogP contribution < -0.4 is 10.6 Å². The molecule has 0 aliphatic carbocycles. The highest BCUT2D eigenvalue weighted by atomic mass is 32.2. The Hall–Kier alpha value is -2.42. The summed E-state index contributed by atoms with van der Waals surface area (Å²) < 4.78 is 12.8. The number of H-pyrrole nitrogens is 1. The molecule has 122 valence electrons. The van der Waals surface area contributed by atoms with Gasteiger partial charge in [0, 0.05) is 18.5 Å². The van der Waals surface area contributed by atoms with Gasteiger partial charge in [0.1, 0.15) is 5.82 Å². The van der Waals surface area contributed by atoms with Crippen molar-refractivity contribution in [3.05, 3.63) is 30.1 Å². The van der Waals surface area contributed by atoms with Gasteiger partial charge in [0.2, 0.25) is 22.9 Å². The third-order valence-electron chi connectivity index (χ3n) is 2.70. The third-order valence-corrected chi connectivity index (χ3v) is 3.43. The van der Waals surface area contributed by atoms with Crippen LogP contribution >= 0.6 is 11.8 Å². The molecule has 2 amide bonds.